The smallest absolute Gasteiger partial charge is 0.275 e. The number of amides is 1. The third-order valence-electron chi connectivity index (χ3n) is 5.29. The molecule has 4 rings (SSSR count). The van der Waals surface area contributed by atoms with Crippen molar-refractivity contribution in [2.24, 2.45) is 0 Å². The number of aromatic nitrogens is 2. The van der Waals surface area contributed by atoms with Crippen LogP contribution in [0.15, 0.2) is 24.3 Å². The van der Waals surface area contributed by atoms with E-state index in [9.17, 15) is 4.79 Å². The van der Waals surface area contributed by atoms with Gasteiger partial charge in [-0.25, -0.2) is 0 Å². The van der Waals surface area contributed by atoms with E-state index in [1.807, 2.05) is 4.90 Å². The van der Waals surface area contributed by atoms with Gasteiger partial charge >= 0.3 is 0 Å². The van der Waals surface area contributed by atoms with Crippen LogP contribution in [0, 0.1) is 0 Å². The summed E-state index contributed by atoms with van der Waals surface area (Å²) in [7, 11) is 0. The standard InChI is InChI=1S/C19H24N4O.ClH/c1-2-13-6-8-14(9-7-13)17-12-20-10-11-23(17)19(24)18-15-4-3-5-16(15)21-22-18;/h6-9,17,20H,2-5,10-12H2,1H3,(H,21,22);1H. The molecule has 1 atom stereocenters. The van der Waals surface area contributed by atoms with Gasteiger partial charge < -0.3 is 10.2 Å². The Kier molecular flexibility index (Phi) is 5.45. The Morgan fingerprint density at radius 3 is 2.84 bits per heavy atom. The van der Waals surface area contributed by atoms with Crippen LogP contribution >= 0.6 is 12.4 Å². The zero-order chi connectivity index (χ0) is 16.5. The molecule has 5 nitrogen and oxygen atoms in total. The third-order valence-corrected chi connectivity index (χ3v) is 5.29. The Morgan fingerprint density at radius 2 is 2.08 bits per heavy atom. The van der Waals surface area contributed by atoms with E-state index in [-0.39, 0.29) is 24.4 Å². The number of rotatable bonds is 3. The normalized spacial score (nSPS) is 19.4. The van der Waals surface area contributed by atoms with Crippen LogP contribution in [0.4, 0.5) is 0 Å². The maximum Gasteiger partial charge on any atom is 0.275 e. The molecule has 1 fully saturated rings. The number of carbonyl (C=O) groups excluding carboxylic acids is 1. The quantitative estimate of drug-likeness (QED) is 0.884. The molecule has 1 unspecified atom stereocenters. The van der Waals surface area contributed by atoms with Crippen molar-refractivity contribution in [2.75, 3.05) is 19.6 Å². The number of fused-ring (bicyclic) bond motifs is 1. The summed E-state index contributed by atoms with van der Waals surface area (Å²) in [5.41, 5.74) is 5.45. The van der Waals surface area contributed by atoms with Crippen molar-refractivity contribution < 1.29 is 4.79 Å². The molecule has 1 aliphatic carbocycles. The van der Waals surface area contributed by atoms with Gasteiger partial charge in [0, 0.05) is 30.9 Å². The van der Waals surface area contributed by atoms with Crippen LogP contribution in [0.3, 0.4) is 0 Å². The van der Waals surface area contributed by atoms with Crippen LogP contribution < -0.4 is 5.32 Å². The number of hydrogen-bond donors (Lipinski definition) is 2. The topological polar surface area (TPSA) is 61.0 Å². The molecular formula is C19H25ClN4O. The molecule has 2 N–H and O–H groups in total. The first-order chi connectivity index (χ1) is 11.8. The van der Waals surface area contributed by atoms with Gasteiger partial charge in [-0.15, -0.1) is 12.4 Å². The Hall–Kier alpha value is -1.85. The lowest BCUT2D eigenvalue weighted by Gasteiger charge is -2.36. The Balaban J connectivity index is 0.00000182. The number of halogens is 1. The van der Waals surface area contributed by atoms with Crippen LogP contribution in [-0.4, -0.2) is 40.6 Å². The van der Waals surface area contributed by atoms with E-state index in [4.69, 9.17) is 0 Å². The monoisotopic (exact) mass is 360 g/mol. The van der Waals surface area contributed by atoms with Gasteiger partial charge in [-0.05, 0) is 36.8 Å². The minimum Gasteiger partial charge on any atom is -0.328 e. The van der Waals surface area contributed by atoms with Crippen molar-refractivity contribution in [1.29, 1.82) is 0 Å². The Bertz CT molecular complexity index is 740. The van der Waals surface area contributed by atoms with E-state index in [0.717, 1.165) is 56.6 Å². The number of piperazine rings is 1. The second kappa shape index (κ2) is 7.58. The second-order valence-electron chi connectivity index (χ2n) is 6.70. The van der Waals surface area contributed by atoms with E-state index in [2.05, 4.69) is 46.7 Å². The minimum absolute atomic E-state index is 0. The van der Waals surface area contributed by atoms with Crippen LogP contribution in [0.5, 0.6) is 0 Å². The highest BCUT2D eigenvalue weighted by Crippen LogP contribution is 2.28. The summed E-state index contributed by atoms with van der Waals surface area (Å²) in [5, 5.41) is 10.8. The maximum absolute atomic E-state index is 13.1. The summed E-state index contributed by atoms with van der Waals surface area (Å²) in [5.74, 6) is 0.0699. The lowest BCUT2D eigenvalue weighted by atomic mass is 10.00. The highest BCUT2D eigenvalue weighted by atomic mass is 35.5. The summed E-state index contributed by atoms with van der Waals surface area (Å²) in [4.78, 5) is 15.1. The van der Waals surface area contributed by atoms with E-state index < -0.39 is 0 Å². The first kappa shape index (κ1) is 18.0. The minimum atomic E-state index is 0. The van der Waals surface area contributed by atoms with Gasteiger partial charge in [0.25, 0.3) is 5.91 Å². The zero-order valence-electron chi connectivity index (χ0n) is 14.5. The molecule has 1 saturated heterocycles. The highest BCUT2D eigenvalue weighted by Gasteiger charge is 2.32. The van der Waals surface area contributed by atoms with Crippen molar-refractivity contribution >= 4 is 18.3 Å². The van der Waals surface area contributed by atoms with Crippen molar-refractivity contribution in [3.63, 3.8) is 0 Å². The molecule has 0 bridgehead atoms. The molecule has 0 spiro atoms. The molecule has 1 aromatic heterocycles. The van der Waals surface area contributed by atoms with Crippen LogP contribution in [-0.2, 0) is 19.3 Å². The number of aromatic amines is 1. The lowest BCUT2D eigenvalue weighted by Crippen LogP contribution is -2.49. The molecule has 25 heavy (non-hydrogen) atoms. The van der Waals surface area contributed by atoms with Crippen molar-refractivity contribution in [2.45, 2.75) is 38.6 Å². The van der Waals surface area contributed by atoms with Crippen molar-refractivity contribution in [3.05, 3.63) is 52.3 Å². The lowest BCUT2D eigenvalue weighted by molar-refractivity contribution is 0.0627. The van der Waals surface area contributed by atoms with E-state index in [0.29, 0.717) is 5.69 Å². The molecule has 1 amide bonds. The predicted octanol–water partition coefficient (Wildman–Crippen LogP) is 2.67. The number of aryl methyl sites for hydroxylation is 2. The van der Waals surface area contributed by atoms with E-state index in [1.54, 1.807) is 0 Å². The average Bonchev–Trinajstić information content (AvgIpc) is 3.25. The first-order valence-electron chi connectivity index (χ1n) is 8.94. The second-order valence-corrected chi connectivity index (χ2v) is 6.70. The number of nitrogens with zero attached hydrogens (tertiary/aromatic N) is 2. The molecule has 1 aromatic carbocycles. The molecule has 0 saturated carbocycles. The highest BCUT2D eigenvalue weighted by molar-refractivity contribution is 5.94. The molecular weight excluding hydrogens is 336 g/mol. The number of carbonyl (C=O) groups is 1. The first-order valence-corrected chi connectivity index (χ1v) is 8.94. The summed E-state index contributed by atoms with van der Waals surface area (Å²) in [6.07, 6.45) is 4.13. The Labute approximate surface area is 154 Å². The number of benzene rings is 1. The molecule has 1 aliphatic heterocycles. The maximum atomic E-state index is 13.1. The molecule has 2 aliphatic rings. The third kappa shape index (κ3) is 3.31. The summed E-state index contributed by atoms with van der Waals surface area (Å²) < 4.78 is 0. The van der Waals surface area contributed by atoms with Gasteiger partial charge in [0.2, 0.25) is 0 Å². The largest absolute Gasteiger partial charge is 0.328 e. The molecule has 134 valence electrons. The summed E-state index contributed by atoms with van der Waals surface area (Å²) in [6, 6.07) is 8.72. The zero-order valence-corrected chi connectivity index (χ0v) is 15.4. The number of hydrogen-bond acceptors (Lipinski definition) is 3. The van der Waals surface area contributed by atoms with Crippen LogP contribution in [0.25, 0.3) is 0 Å². The van der Waals surface area contributed by atoms with Gasteiger partial charge in [0.05, 0.1) is 6.04 Å². The number of nitrogens with one attached hydrogen (secondary N) is 2. The van der Waals surface area contributed by atoms with Crippen molar-refractivity contribution in [1.82, 2.24) is 20.4 Å². The van der Waals surface area contributed by atoms with Gasteiger partial charge in [0.1, 0.15) is 0 Å². The van der Waals surface area contributed by atoms with E-state index >= 15 is 0 Å². The van der Waals surface area contributed by atoms with Gasteiger partial charge in [0.15, 0.2) is 5.69 Å². The molecule has 2 aromatic rings. The van der Waals surface area contributed by atoms with Gasteiger partial charge in [-0.3, -0.25) is 9.89 Å². The predicted molar refractivity (Wildman–Crippen MR) is 100 cm³/mol. The summed E-state index contributed by atoms with van der Waals surface area (Å²) >= 11 is 0. The summed E-state index contributed by atoms with van der Waals surface area (Å²) in [6.45, 7) is 4.51. The number of H-pyrrole nitrogens is 1. The van der Waals surface area contributed by atoms with Gasteiger partial charge in [-0.2, -0.15) is 5.10 Å². The SMILES string of the molecule is CCc1ccc(C2CNCCN2C(=O)c2n[nH]c3c2CCC3)cc1.Cl. The van der Waals surface area contributed by atoms with Crippen molar-refractivity contribution in [3.8, 4) is 0 Å². The molecule has 6 heteroatoms. The van der Waals surface area contributed by atoms with Crippen LogP contribution in [0.1, 0.15) is 52.3 Å². The fraction of sp³-hybridized carbons (Fsp3) is 0.474. The molecule has 2 heterocycles. The average molecular weight is 361 g/mol. The fourth-order valence-electron chi connectivity index (χ4n) is 3.85. The Morgan fingerprint density at radius 1 is 1.28 bits per heavy atom. The van der Waals surface area contributed by atoms with Gasteiger partial charge in [-0.1, -0.05) is 31.2 Å². The van der Waals surface area contributed by atoms with E-state index in [1.165, 1.54) is 11.1 Å². The molecule has 0 radical (unpaired) electrons. The van der Waals surface area contributed by atoms with Crippen LogP contribution in [0.2, 0.25) is 0 Å². The fourth-order valence-corrected chi connectivity index (χ4v) is 3.85.